The lowest BCUT2D eigenvalue weighted by Gasteiger charge is -2.42. The molecule has 0 aromatic rings. The van der Waals surface area contributed by atoms with Crippen LogP contribution in [0.5, 0.6) is 0 Å². The zero-order valence-corrected chi connectivity index (χ0v) is 8.28. The first-order valence-corrected chi connectivity index (χ1v) is 5.14. The molecule has 2 saturated heterocycles. The van der Waals surface area contributed by atoms with E-state index in [-0.39, 0.29) is 12.5 Å². The SMILES string of the molecule is O=C1CN(C2CNC2)CCN1CCO. The first kappa shape index (κ1) is 9.89. The molecule has 0 spiro atoms. The molecule has 5 heteroatoms. The molecule has 0 radical (unpaired) electrons. The first-order chi connectivity index (χ1) is 6.81. The number of nitrogens with one attached hydrogen (secondary N) is 1. The van der Waals surface area contributed by atoms with Crippen LogP contribution in [0.1, 0.15) is 0 Å². The Morgan fingerprint density at radius 1 is 1.43 bits per heavy atom. The van der Waals surface area contributed by atoms with Crippen molar-refractivity contribution in [2.75, 3.05) is 45.9 Å². The molecule has 2 aliphatic rings. The Morgan fingerprint density at radius 2 is 2.21 bits per heavy atom. The van der Waals surface area contributed by atoms with Gasteiger partial charge in [0.1, 0.15) is 0 Å². The number of aliphatic hydroxyl groups is 1. The molecule has 2 rings (SSSR count). The zero-order chi connectivity index (χ0) is 9.97. The molecule has 0 unspecified atom stereocenters. The van der Waals surface area contributed by atoms with E-state index in [4.69, 9.17) is 5.11 Å². The minimum atomic E-state index is 0.0662. The van der Waals surface area contributed by atoms with E-state index < -0.39 is 0 Å². The summed E-state index contributed by atoms with van der Waals surface area (Å²) in [6, 6.07) is 0.551. The molecule has 1 amide bonds. The van der Waals surface area contributed by atoms with Gasteiger partial charge in [0.25, 0.3) is 0 Å². The van der Waals surface area contributed by atoms with Gasteiger partial charge in [-0.2, -0.15) is 0 Å². The molecule has 0 aromatic heterocycles. The summed E-state index contributed by atoms with van der Waals surface area (Å²) in [4.78, 5) is 15.6. The monoisotopic (exact) mass is 199 g/mol. The van der Waals surface area contributed by atoms with Crippen LogP contribution in [0.4, 0.5) is 0 Å². The van der Waals surface area contributed by atoms with E-state index in [1.54, 1.807) is 4.90 Å². The molecule has 0 bridgehead atoms. The van der Waals surface area contributed by atoms with Crippen LogP contribution in [0.2, 0.25) is 0 Å². The minimum absolute atomic E-state index is 0.0662. The molecule has 2 fully saturated rings. The summed E-state index contributed by atoms with van der Waals surface area (Å²) in [6.45, 7) is 4.78. The molecule has 2 heterocycles. The number of rotatable bonds is 3. The second-order valence-corrected chi connectivity index (χ2v) is 3.89. The molecular weight excluding hydrogens is 182 g/mol. The van der Waals surface area contributed by atoms with Gasteiger partial charge < -0.3 is 15.3 Å². The van der Waals surface area contributed by atoms with Gasteiger partial charge in [0.05, 0.1) is 13.2 Å². The van der Waals surface area contributed by atoms with E-state index in [0.717, 1.165) is 26.2 Å². The summed E-state index contributed by atoms with van der Waals surface area (Å²) < 4.78 is 0. The van der Waals surface area contributed by atoms with Gasteiger partial charge in [-0.15, -0.1) is 0 Å². The van der Waals surface area contributed by atoms with Crippen molar-refractivity contribution in [3.63, 3.8) is 0 Å². The Balaban J connectivity index is 1.82. The molecule has 14 heavy (non-hydrogen) atoms. The molecule has 80 valence electrons. The lowest BCUT2D eigenvalue weighted by atomic mass is 10.1. The van der Waals surface area contributed by atoms with Crippen LogP contribution in [-0.2, 0) is 4.79 Å². The molecule has 0 atom stereocenters. The van der Waals surface area contributed by atoms with Crippen LogP contribution >= 0.6 is 0 Å². The molecule has 0 aliphatic carbocycles. The van der Waals surface area contributed by atoms with Crippen molar-refractivity contribution in [2.45, 2.75) is 6.04 Å². The average Bonchev–Trinajstić information content (AvgIpc) is 2.07. The summed E-state index contributed by atoms with van der Waals surface area (Å²) in [5, 5.41) is 12.0. The van der Waals surface area contributed by atoms with Gasteiger partial charge in [-0.25, -0.2) is 0 Å². The molecule has 0 saturated carbocycles. The predicted molar refractivity (Wildman–Crippen MR) is 51.9 cm³/mol. The minimum Gasteiger partial charge on any atom is -0.395 e. The van der Waals surface area contributed by atoms with E-state index in [2.05, 4.69) is 10.2 Å². The van der Waals surface area contributed by atoms with Gasteiger partial charge in [0, 0.05) is 38.8 Å². The highest BCUT2D eigenvalue weighted by molar-refractivity contribution is 5.79. The Kier molecular flexibility index (Phi) is 3.00. The Morgan fingerprint density at radius 3 is 2.71 bits per heavy atom. The van der Waals surface area contributed by atoms with E-state index >= 15 is 0 Å². The van der Waals surface area contributed by atoms with Crippen LogP contribution in [0.15, 0.2) is 0 Å². The fourth-order valence-electron chi connectivity index (χ4n) is 1.93. The van der Waals surface area contributed by atoms with E-state index in [0.29, 0.717) is 19.1 Å². The fraction of sp³-hybridized carbons (Fsp3) is 0.889. The second-order valence-electron chi connectivity index (χ2n) is 3.89. The number of amides is 1. The maximum Gasteiger partial charge on any atom is 0.236 e. The largest absolute Gasteiger partial charge is 0.395 e. The van der Waals surface area contributed by atoms with Crippen molar-refractivity contribution in [2.24, 2.45) is 0 Å². The van der Waals surface area contributed by atoms with E-state index in [1.165, 1.54) is 0 Å². The topological polar surface area (TPSA) is 55.8 Å². The van der Waals surface area contributed by atoms with Crippen LogP contribution in [0.25, 0.3) is 0 Å². The van der Waals surface area contributed by atoms with Crippen molar-refractivity contribution < 1.29 is 9.90 Å². The Labute approximate surface area is 83.7 Å². The maximum absolute atomic E-state index is 11.6. The number of nitrogens with zero attached hydrogens (tertiary/aromatic N) is 2. The van der Waals surface area contributed by atoms with Gasteiger partial charge in [-0.05, 0) is 0 Å². The molecular formula is C9H17N3O2. The third kappa shape index (κ3) is 1.89. The molecule has 2 aliphatic heterocycles. The number of β-amino-alcohol motifs (C(OH)–C–C–N with tert-alkyl or cyclic N) is 1. The third-order valence-corrected chi connectivity index (χ3v) is 2.99. The predicted octanol–water partition coefficient (Wildman–Crippen LogP) is -1.91. The lowest BCUT2D eigenvalue weighted by Crippen LogP contribution is -2.63. The highest BCUT2D eigenvalue weighted by Crippen LogP contribution is 2.10. The van der Waals surface area contributed by atoms with Crippen molar-refractivity contribution in [3.8, 4) is 0 Å². The summed E-state index contributed by atoms with van der Waals surface area (Å²) in [6.07, 6.45) is 0. The summed E-state index contributed by atoms with van der Waals surface area (Å²) >= 11 is 0. The molecule has 0 aromatic carbocycles. The quantitative estimate of drug-likeness (QED) is 0.557. The highest BCUT2D eigenvalue weighted by Gasteiger charge is 2.31. The summed E-state index contributed by atoms with van der Waals surface area (Å²) in [5.74, 6) is 0.150. The normalized spacial score (nSPS) is 25.2. The van der Waals surface area contributed by atoms with Gasteiger partial charge in [-0.1, -0.05) is 0 Å². The van der Waals surface area contributed by atoms with Crippen molar-refractivity contribution in [1.29, 1.82) is 0 Å². The number of carbonyl (C=O) groups excluding carboxylic acids is 1. The highest BCUT2D eigenvalue weighted by atomic mass is 16.3. The smallest absolute Gasteiger partial charge is 0.236 e. The number of hydrogen-bond donors (Lipinski definition) is 2. The molecule has 5 nitrogen and oxygen atoms in total. The third-order valence-electron chi connectivity index (χ3n) is 2.99. The summed E-state index contributed by atoms with van der Waals surface area (Å²) in [7, 11) is 0. The second kappa shape index (κ2) is 4.25. The van der Waals surface area contributed by atoms with Crippen LogP contribution in [0.3, 0.4) is 0 Å². The number of aliphatic hydroxyl groups excluding tert-OH is 1. The summed E-state index contributed by atoms with van der Waals surface area (Å²) in [5.41, 5.74) is 0. The van der Waals surface area contributed by atoms with Gasteiger partial charge in [-0.3, -0.25) is 9.69 Å². The Bertz CT molecular complexity index is 218. The van der Waals surface area contributed by atoms with E-state index in [9.17, 15) is 4.79 Å². The van der Waals surface area contributed by atoms with Crippen LogP contribution in [-0.4, -0.2) is 72.7 Å². The maximum atomic E-state index is 11.6. The van der Waals surface area contributed by atoms with Crippen molar-refractivity contribution >= 4 is 5.91 Å². The zero-order valence-electron chi connectivity index (χ0n) is 8.28. The van der Waals surface area contributed by atoms with Crippen LogP contribution in [0, 0.1) is 0 Å². The van der Waals surface area contributed by atoms with Crippen LogP contribution < -0.4 is 5.32 Å². The number of hydrogen-bond acceptors (Lipinski definition) is 4. The first-order valence-electron chi connectivity index (χ1n) is 5.14. The number of piperazine rings is 1. The molecule has 2 N–H and O–H groups in total. The van der Waals surface area contributed by atoms with E-state index in [1.807, 2.05) is 0 Å². The average molecular weight is 199 g/mol. The Hall–Kier alpha value is -0.650. The van der Waals surface area contributed by atoms with Gasteiger partial charge >= 0.3 is 0 Å². The van der Waals surface area contributed by atoms with Crippen molar-refractivity contribution in [3.05, 3.63) is 0 Å². The van der Waals surface area contributed by atoms with Crippen molar-refractivity contribution in [1.82, 2.24) is 15.1 Å². The van der Waals surface area contributed by atoms with Gasteiger partial charge in [0.2, 0.25) is 5.91 Å². The standard InChI is InChI=1S/C9H17N3O2/c13-4-3-11-1-2-12(7-9(11)14)8-5-10-6-8/h8,10,13H,1-7H2. The lowest BCUT2D eigenvalue weighted by molar-refractivity contribution is -0.138. The fourth-order valence-corrected chi connectivity index (χ4v) is 1.93. The number of carbonyl (C=O) groups is 1. The van der Waals surface area contributed by atoms with Gasteiger partial charge in [0.15, 0.2) is 0 Å².